The predicted octanol–water partition coefficient (Wildman–Crippen LogP) is 4.66. The van der Waals surface area contributed by atoms with Gasteiger partial charge in [0.1, 0.15) is 5.00 Å². The number of carbonyl (C=O) groups excluding carboxylic acids is 2. The number of anilines is 1. The van der Waals surface area contributed by atoms with Gasteiger partial charge in [0.25, 0.3) is 5.91 Å². The third-order valence-corrected chi connectivity index (χ3v) is 6.99. The van der Waals surface area contributed by atoms with E-state index in [4.69, 9.17) is 5.73 Å². The van der Waals surface area contributed by atoms with Crippen LogP contribution in [0.25, 0.3) is 0 Å². The molecule has 3 N–H and O–H groups in total. The van der Waals surface area contributed by atoms with E-state index in [1.165, 1.54) is 43.4 Å². The summed E-state index contributed by atoms with van der Waals surface area (Å²) in [6.07, 6.45) is 12.1. The minimum absolute atomic E-state index is 0.0260. The van der Waals surface area contributed by atoms with E-state index in [1.807, 2.05) is 0 Å². The maximum Gasteiger partial charge on any atom is 0.251 e. The van der Waals surface area contributed by atoms with Crippen LogP contribution in [0.5, 0.6) is 0 Å². The Morgan fingerprint density at radius 3 is 2.60 bits per heavy atom. The van der Waals surface area contributed by atoms with Gasteiger partial charge in [-0.1, -0.05) is 45.4 Å². The number of fused-ring (bicyclic) bond motifs is 1. The normalized spacial score (nSPS) is 20.4. The fourth-order valence-electron chi connectivity index (χ4n) is 4.48. The molecule has 1 aromatic heterocycles. The van der Waals surface area contributed by atoms with Crippen LogP contribution in [0.3, 0.4) is 0 Å². The lowest BCUT2D eigenvalue weighted by Gasteiger charge is -2.21. The van der Waals surface area contributed by atoms with Crippen molar-refractivity contribution in [2.45, 2.75) is 77.6 Å². The molecule has 0 aliphatic heterocycles. The van der Waals surface area contributed by atoms with Crippen LogP contribution in [-0.2, 0) is 17.6 Å². The molecule has 0 saturated heterocycles. The van der Waals surface area contributed by atoms with Crippen molar-refractivity contribution < 1.29 is 9.59 Å². The molecule has 0 spiro atoms. The third kappa shape index (κ3) is 4.43. The van der Waals surface area contributed by atoms with Gasteiger partial charge in [0, 0.05) is 11.3 Å². The van der Waals surface area contributed by atoms with Gasteiger partial charge in [-0.15, -0.1) is 11.3 Å². The Morgan fingerprint density at radius 1 is 1.16 bits per heavy atom. The molecule has 25 heavy (non-hydrogen) atoms. The molecule has 1 aromatic rings. The molecule has 2 amide bonds. The first-order chi connectivity index (χ1) is 12.1. The van der Waals surface area contributed by atoms with E-state index >= 15 is 0 Å². The Labute approximate surface area is 154 Å². The Bertz CT molecular complexity index is 632. The van der Waals surface area contributed by atoms with Crippen molar-refractivity contribution in [1.29, 1.82) is 0 Å². The van der Waals surface area contributed by atoms with Crippen molar-refractivity contribution in [2.24, 2.45) is 17.6 Å². The van der Waals surface area contributed by atoms with E-state index in [0.717, 1.165) is 31.2 Å². The number of amides is 2. The summed E-state index contributed by atoms with van der Waals surface area (Å²) in [7, 11) is 0. The minimum Gasteiger partial charge on any atom is -0.365 e. The molecule has 3 rings (SSSR count). The van der Waals surface area contributed by atoms with Crippen LogP contribution in [0, 0.1) is 11.8 Å². The monoisotopic (exact) mass is 362 g/mol. The summed E-state index contributed by atoms with van der Waals surface area (Å²) in [5.41, 5.74) is 7.31. The number of primary amides is 1. The molecule has 5 heteroatoms. The van der Waals surface area contributed by atoms with Gasteiger partial charge < -0.3 is 11.1 Å². The quantitative estimate of drug-likeness (QED) is 0.740. The molecular weight excluding hydrogens is 332 g/mol. The Balaban J connectivity index is 1.68. The molecule has 1 atom stereocenters. The standard InChI is InChI=1S/C20H30N2O2S/c1-2-5-14-8-10-15-16(12-14)25-20(18(15)19(21)24)22-17(23)11-9-13-6-3-4-7-13/h13-14H,2-12H2,1H3,(H2,21,24)(H,22,23)/t14-/m1/s1. The second-order valence-electron chi connectivity index (χ2n) is 7.71. The molecule has 138 valence electrons. The third-order valence-electron chi connectivity index (χ3n) is 5.82. The van der Waals surface area contributed by atoms with E-state index in [0.29, 0.717) is 28.8 Å². The topological polar surface area (TPSA) is 72.2 Å². The molecule has 0 radical (unpaired) electrons. The van der Waals surface area contributed by atoms with Gasteiger partial charge in [-0.3, -0.25) is 9.59 Å². The van der Waals surface area contributed by atoms with Gasteiger partial charge in [0.2, 0.25) is 5.91 Å². The van der Waals surface area contributed by atoms with E-state index in [2.05, 4.69) is 12.2 Å². The van der Waals surface area contributed by atoms with Crippen molar-refractivity contribution in [3.05, 3.63) is 16.0 Å². The van der Waals surface area contributed by atoms with Crippen molar-refractivity contribution in [2.75, 3.05) is 5.32 Å². The molecule has 2 aliphatic rings. The highest BCUT2D eigenvalue weighted by Crippen LogP contribution is 2.40. The highest BCUT2D eigenvalue weighted by molar-refractivity contribution is 7.17. The largest absolute Gasteiger partial charge is 0.365 e. The SMILES string of the molecule is CCC[C@@H]1CCc2c(sc(NC(=O)CCC3CCCC3)c2C(N)=O)C1. The van der Waals surface area contributed by atoms with Crippen molar-refractivity contribution >= 4 is 28.2 Å². The van der Waals surface area contributed by atoms with Gasteiger partial charge in [-0.2, -0.15) is 0 Å². The molecule has 0 unspecified atom stereocenters. The van der Waals surface area contributed by atoms with Crippen LogP contribution in [0.15, 0.2) is 0 Å². The van der Waals surface area contributed by atoms with Crippen LogP contribution in [0.1, 0.15) is 85.5 Å². The molecule has 2 aliphatic carbocycles. The lowest BCUT2D eigenvalue weighted by Crippen LogP contribution is -2.20. The summed E-state index contributed by atoms with van der Waals surface area (Å²) in [5.74, 6) is 1.02. The average Bonchev–Trinajstić information content (AvgIpc) is 3.19. The van der Waals surface area contributed by atoms with Crippen LogP contribution in [0.2, 0.25) is 0 Å². The van der Waals surface area contributed by atoms with Crippen LogP contribution in [0.4, 0.5) is 5.00 Å². The first-order valence-corrected chi connectivity index (χ1v) is 10.6. The summed E-state index contributed by atoms with van der Waals surface area (Å²) >= 11 is 1.57. The number of nitrogens with one attached hydrogen (secondary N) is 1. The number of rotatable bonds is 7. The summed E-state index contributed by atoms with van der Waals surface area (Å²) < 4.78 is 0. The molecule has 0 aromatic carbocycles. The predicted molar refractivity (Wildman–Crippen MR) is 103 cm³/mol. The van der Waals surface area contributed by atoms with Gasteiger partial charge in [-0.25, -0.2) is 0 Å². The number of nitrogens with two attached hydrogens (primary N) is 1. The fraction of sp³-hybridized carbons (Fsp3) is 0.700. The molecule has 1 fully saturated rings. The van der Waals surface area contributed by atoms with E-state index in [1.54, 1.807) is 11.3 Å². The minimum atomic E-state index is -0.405. The smallest absolute Gasteiger partial charge is 0.251 e. The Hall–Kier alpha value is -1.36. The van der Waals surface area contributed by atoms with Crippen LogP contribution >= 0.6 is 11.3 Å². The first-order valence-electron chi connectivity index (χ1n) is 9.82. The first kappa shape index (κ1) is 18.4. The zero-order chi connectivity index (χ0) is 17.8. The average molecular weight is 363 g/mol. The van der Waals surface area contributed by atoms with E-state index in [9.17, 15) is 9.59 Å². The fourth-order valence-corrected chi connectivity index (χ4v) is 5.86. The lowest BCUT2D eigenvalue weighted by atomic mass is 9.84. The summed E-state index contributed by atoms with van der Waals surface area (Å²) in [4.78, 5) is 25.6. The highest BCUT2D eigenvalue weighted by Gasteiger charge is 2.28. The van der Waals surface area contributed by atoms with E-state index in [-0.39, 0.29) is 5.91 Å². The number of hydrogen-bond acceptors (Lipinski definition) is 3. The van der Waals surface area contributed by atoms with Crippen molar-refractivity contribution in [1.82, 2.24) is 0 Å². The van der Waals surface area contributed by atoms with Gasteiger partial charge in [-0.05, 0) is 43.1 Å². The van der Waals surface area contributed by atoms with Gasteiger partial charge in [0.05, 0.1) is 5.56 Å². The zero-order valence-electron chi connectivity index (χ0n) is 15.2. The Kier molecular flexibility index (Phi) is 6.15. The summed E-state index contributed by atoms with van der Waals surface area (Å²) in [6, 6.07) is 0. The summed E-state index contributed by atoms with van der Waals surface area (Å²) in [5, 5.41) is 3.68. The Morgan fingerprint density at radius 2 is 1.92 bits per heavy atom. The maximum atomic E-state index is 12.4. The second-order valence-corrected chi connectivity index (χ2v) is 8.81. The molecule has 4 nitrogen and oxygen atoms in total. The van der Waals surface area contributed by atoms with Crippen molar-refractivity contribution in [3.8, 4) is 0 Å². The van der Waals surface area contributed by atoms with Crippen LogP contribution < -0.4 is 11.1 Å². The van der Waals surface area contributed by atoms with Crippen molar-refractivity contribution in [3.63, 3.8) is 0 Å². The number of hydrogen-bond donors (Lipinski definition) is 2. The highest BCUT2D eigenvalue weighted by atomic mass is 32.1. The lowest BCUT2D eigenvalue weighted by molar-refractivity contribution is -0.116. The number of carbonyl (C=O) groups is 2. The van der Waals surface area contributed by atoms with Gasteiger partial charge >= 0.3 is 0 Å². The zero-order valence-corrected chi connectivity index (χ0v) is 16.1. The van der Waals surface area contributed by atoms with E-state index < -0.39 is 5.91 Å². The van der Waals surface area contributed by atoms with Gasteiger partial charge in [0.15, 0.2) is 0 Å². The molecular formula is C20H30N2O2S. The molecule has 1 heterocycles. The maximum absolute atomic E-state index is 12.4. The molecule has 0 bridgehead atoms. The molecule has 1 saturated carbocycles. The number of thiophene rings is 1. The summed E-state index contributed by atoms with van der Waals surface area (Å²) in [6.45, 7) is 2.22. The van der Waals surface area contributed by atoms with Crippen LogP contribution in [-0.4, -0.2) is 11.8 Å². The second kappa shape index (κ2) is 8.35.